The fourth-order valence-corrected chi connectivity index (χ4v) is 2.33. The maximum absolute atomic E-state index is 4.39. The predicted octanol–water partition coefficient (Wildman–Crippen LogP) is 1.22. The van der Waals surface area contributed by atoms with Gasteiger partial charge in [-0.2, -0.15) is 5.10 Å². The Hall–Kier alpha value is -1.95. The van der Waals surface area contributed by atoms with Crippen molar-refractivity contribution in [3.8, 4) is 5.82 Å². The zero-order valence-corrected chi connectivity index (χ0v) is 10.8. The summed E-state index contributed by atoms with van der Waals surface area (Å²) in [4.78, 5) is 8.31. The molecule has 1 aliphatic rings. The third-order valence-electron chi connectivity index (χ3n) is 3.35. The summed E-state index contributed by atoms with van der Waals surface area (Å²) in [5.41, 5.74) is 1.07. The van der Waals surface area contributed by atoms with Crippen molar-refractivity contribution in [1.82, 2.24) is 25.1 Å². The lowest BCUT2D eigenvalue weighted by atomic mass is 10.1. The lowest BCUT2D eigenvalue weighted by molar-refractivity contribution is 0.637. The molecule has 3 heterocycles. The summed E-state index contributed by atoms with van der Waals surface area (Å²) in [5.74, 6) is 0.783. The molecule has 1 aliphatic heterocycles. The van der Waals surface area contributed by atoms with Crippen LogP contribution in [-0.4, -0.2) is 38.9 Å². The van der Waals surface area contributed by atoms with E-state index in [1.54, 1.807) is 11.0 Å². The van der Waals surface area contributed by atoms with Crippen LogP contribution in [0, 0.1) is 0 Å². The number of nitrogens with one attached hydrogen (secondary N) is 2. The highest BCUT2D eigenvalue weighted by Crippen LogP contribution is 2.14. The molecule has 2 aromatic heterocycles. The Morgan fingerprint density at radius 1 is 1.26 bits per heavy atom. The van der Waals surface area contributed by atoms with Gasteiger partial charge in [-0.05, 0) is 44.5 Å². The Bertz CT molecular complexity index is 484. The summed E-state index contributed by atoms with van der Waals surface area (Å²) in [6, 6.07) is 4.53. The number of pyridine rings is 1. The third-order valence-corrected chi connectivity index (χ3v) is 3.35. The van der Waals surface area contributed by atoms with Gasteiger partial charge in [0.15, 0.2) is 5.82 Å². The zero-order chi connectivity index (χ0) is 12.9. The van der Waals surface area contributed by atoms with E-state index in [2.05, 4.69) is 25.7 Å². The van der Waals surface area contributed by atoms with Crippen LogP contribution in [0.4, 0.5) is 5.69 Å². The molecule has 100 valence electrons. The Morgan fingerprint density at radius 2 is 2.26 bits per heavy atom. The van der Waals surface area contributed by atoms with Crippen LogP contribution in [0.2, 0.25) is 0 Å². The first-order valence-corrected chi connectivity index (χ1v) is 6.70. The Kier molecular flexibility index (Phi) is 3.69. The largest absolute Gasteiger partial charge is 0.381 e. The van der Waals surface area contributed by atoms with Crippen LogP contribution in [0.25, 0.3) is 5.82 Å². The minimum absolute atomic E-state index is 0.536. The molecule has 1 atom stereocenters. The lowest BCUT2D eigenvalue weighted by Crippen LogP contribution is -2.21. The minimum atomic E-state index is 0.536. The Balaban J connectivity index is 1.65. The highest BCUT2D eigenvalue weighted by molar-refractivity contribution is 5.44. The average molecular weight is 258 g/mol. The van der Waals surface area contributed by atoms with E-state index in [1.165, 1.54) is 19.2 Å². The van der Waals surface area contributed by atoms with Crippen LogP contribution in [0.3, 0.4) is 0 Å². The van der Waals surface area contributed by atoms with E-state index in [1.807, 2.05) is 18.3 Å². The number of aromatic nitrogens is 4. The maximum atomic E-state index is 4.39. The van der Waals surface area contributed by atoms with Gasteiger partial charge in [-0.1, -0.05) is 0 Å². The standard InChI is InChI=1S/C13H18N6/c1-2-11(5-7-14-6-1)18-12-3-4-13(16-8-12)19-10-15-9-17-19/h3-4,8-11,14,18H,1-2,5-7H2. The van der Waals surface area contributed by atoms with Crippen LogP contribution in [0.5, 0.6) is 0 Å². The van der Waals surface area contributed by atoms with Gasteiger partial charge in [0.2, 0.25) is 0 Å². The second kappa shape index (κ2) is 5.79. The van der Waals surface area contributed by atoms with Gasteiger partial charge >= 0.3 is 0 Å². The number of anilines is 1. The molecule has 0 radical (unpaired) electrons. The van der Waals surface area contributed by atoms with Gasteiger partial charge in [0, 0.05) is 6.04 Å². The summed E-state index contributed by atoms with van der Waals surface area (Å²) in [6.07, 6.45) is 8.60. The normalized spacial score (nSPS) is 19.9. The van der Waals surface area contributed by atoms with E-state index in [4.69, 9.17) is 0 Å². The first kappa shape index (κ1) is 12.1. The van der Waals surface area contributed by atoms with Gasteiger partial charge in [-0.3, -0.25) is 0 Å². The molecule has 1 saturated heterocycles. The van der Waals surface area contributed by atoms with Crippen molar-refractivity contribution in [2.24, 2.45) is 0 Å². The van der Waals surface area contributed by atoms with Crippen molar-refractivity contribution in [3.63, 3.8) is 0 Å². The van der Waals surface area contributed by atoms with Crippen LogP contribution in [-0.2, 0) is 0 Å². The molecule has 0 saturated carbocycles. The predicted molar refractivity (Wildman–Crippen MR) is 73.3 cm³/mol. The molecule has 19 heavy (non-hydrogen) atoms. The molecule has 0 bridgehead atoms. The molecule has 6 heteroatoms. The van der Waals surface area contributed by atoms with E-state index in [0.717, 1.165) is 31.0 Å². The quantitative estimate of drug-likeness (QED) is 0.866. The molecule has 1 fully saturated rings. The Labute approximate surface area is 112 Å². The average Bonchev–Trinajstić information content (AvgIpc) is 2.86. The van der Waals surface area contributed by atoms with Crippen LogP contribution in [0.1, 0.15) is 19.3 Å². The molecule has 0 amide bonds. The van der Waals surface area contributed by atoms with Gasteiger partial charge in [-0.15, -0.1) is 0 Å². The highest BCUT2D eigenvalue weighted by atomic mass is 15.3. The second-order valence-corrected chi connectivity index (χ2v) is 4.77. The number of hydrogen-bond donors (Lipinski definition) is 2. The molecule has 3 rings (SSSR count). The minimum Gasteiger partial charge on any atom is -0.381 e. The van der Waals surface area contributed by atoms with E-state index < -0.39 is 0 Å². The molecule has 0 aromatic carbocycles. The molecule has 2 aromatic rings. The summed E-state index contributed by atoms with van der Waals surface area (Å²) in [5, 5.41) is 11.0. The molecule has 1 unspecified atom stereocenters. The van der Waals surface area contributed by atoms with Gasteiger partial charge in [0.25, 0.3) is 0 Å². The second-order valence-electron chi connectivity index (χ2n) is 4.77. The van der Waals surface area contributed by atoms with E-state index in [-0.39, 0.29) is 0 Å². The van der Waals surface area contributed by atoms with Gasteiger partial charge in [0.05, 0.1) is 11.9 Å². The summed E-state index contributed by atoms with van der Waals surface area (Å²) in [7, 11) is 0. The molecule has 2 N–H and O–H groups in total. The monoisotopic (exact) mass is 258 g/mol. The third kappa shape index (κ3) is 3.08. The van der Waals surface area contributed by atoms with Gasteiger partial charge in [-0.25, -0.2) is 14.6 Å². The molecule has 6 nitrogen and oxygen atoms in total. The molecule has 0 spiro atoms. The van der Waals surface area contributed by atoms with Gasteiger partial charge in [0.1, 0.15) is 12.7 Å². The molecular formula is C13H18N6. The summed E-state index contributed by atoms with van der Waals surface area (Å²) < 4.78 is 1.65. The number of nitrogens with zero attached hydrogens (tertiary/aromatic N) is 4. The van der Waals surface area contributed by atoms with E-state index >= 15 is 0 Å². The topological polar surface area (TPSA) is 67.7 Å². The first-order valence-electron chi connectivity index (χ1n) is 6.70. The van der Waals surface area contributed by atoms with Crippen molar-refractivity contribution in [3.05, 3.63) is 31.0 Å². The van der Waals surface area contributed by atoms with Crippen LogP contribution in [0.15, 0.2) is 31.0 Å². The summed E-state index contributed by atoms with van der Waals surface area (Å²) in [6.45, 7) is 2.21. The zero-order valence-electron chi connectivity index (χ0n) is 10.8. The van der Waals surface area contributed by atoms with Crippen molar-refractivity contribution < 1.29 is 0 Å². The first-order chi connectivity index (χ1) is 9.42. The van der Waals surface area contributed by atoms with Crippen molar-refractivity contribution in [1.29, 1.82) is 0 Å². The van der Waals surface area contributed by atoms with Crippen molar-refractivity contribution in [2.45, 2.75) is 25.3 Å². The lowest BCUT2D eigenvalue weighted by Gasteiger charge is -2.17. The number of hydrogen-bond acceptors (Lipinski definition) is 5. The van der Waals surface area contributed by atoms with E-state index in [0.29, 0.717) is 6.04 Å². The van der Waals surface area contributed by atoms with Crippen LogP contribution >= 0.6 is 0 Å². The number of rotatable bonds is 3. The SMILES string of the molecule is c1ncn(-c2ccc(NC3CCCNCC3)cn2)n1. The van der Waals surface area contributed by atoms with Crippen LogP contribution < -0.4 is 10.6 Å². The fourth-order valence-electron chi connectivity index (χ4n) is 2.33. The van der Waals surface area contributed by atoms with Crippen molar-refractivity contribution in [2.75, 3.05) is 18.4 Å². The van der Waals surface area contributed by atoms with Gasteiger partial charge < -0.3 is 10.6 Å². The molecular weight excluding hydrogens is 240 g/mol. The smallest absolute Gasteiger partial charge is 0.155 e. The maximum Gasteiger partial charge on any atom is 0.155 e. The Morgan fingerprint density at radius 3 is 3.05 bits per heavy atom. The highest BCUT2D eigenvalue weighted by Gasteiger charge is 2.11. The van der Waals surface area contributed by atoms with E-state index in [9.17, 15) is 0 Å². The summed E-state index contributed by atoms with van der Waals surface area (Å²) >= 11 is 0. The van der Waals surface area contributed by atoms with Crippen molar-refractivity contribution >= 4 is 5.69 Å². The fraction of sp³-hybridized carbons (Fsp3) is 0.462. The molecule has 0 aliphatic carbocycles.